The molecule has 6 N–H and O–H groups in total. The molecule has 220 valence electrons. The van der Waals surface area contributed by atoms with Gasteiger partial charge >= 0.3 is 5.97 Å². The molecule has 0 aromatic carbocycles. The van der Waals surface area contributed by atoms with E-state index in [4.69, 9.17) is 14.2 Å². The van der Waals surface area contributed by atoms with E-state index in [-0.39, 0.29) is 49.0 Å². The van der Waals surface area contributed by atoms with Crippen LogP contribution >= 0.6 is 0 Å². The molecule has 0 bridgehead atoms. The predicted molar refractivity (Wildman–Crippen MR) is 136 cm³/mol. The monoisotopic (exact) mass is 552 g/mol. The summed E-state index contributed by atoms with van der Waals surface area (Å²) in [5, 5.41) is 65.7. The molecule has 0 radical (unpaired) electrons. The van der Waals surface area contributed by atoms with Gasteiger partial charge < -0.3 is 44.8 Å². The van der Waals surface area contributed by atoms with E-state index in [1.807, 2.05) is 0 Å². The molecule has 2 aliphatic heterocycles. The minimum Gasteiger partial charge on any atom is -0.458 e. The Balaban J connectivity index is 1.22. The van der Waals surface area contributed by atoms with Crippen molar-refractivity contribution in [3.8, 4) is 0 Å². The van der Waals surface area contributed by atoms with Crippen LogP contribution in [-0.4, -0.2) is 98.3 Å². The molecular weight excluding hydrogens is 508 g/mol. The number of hydrogen-bond acceptors (Lipinski definition) is 10. The number of hydrogen-bond donors (Lipinski definition) is 6. The van der Waals surface area contributed by atoms with Crippen molar-refractivity contribution in [3.63, 3.8) is 0 Å². The van der Waals surface area contributed by atoms with Crippen LogP contribution in [0.4, 0.5) is 0 Å². The summed E-state index contributed by atoms with van der Waals surface area (Å²) in [5.41, 5.74) is -1.25. The zero-order valence-electron chi connectivity index (χ0n) is 22.8. The van der Waals surface area contributed by atoms with Crippen LogP contribution in [0.25, 0.3) is 0 Å². The van der Waals surface area contributed by atoms with Crippen molar-refractivity contribution in [3.05, 3.63) is 11.6 Å². The minimum absolute atomic E-state index is 0.0327. The Bertz CT molecular complexity index is 1000. The lowest BCUT2D eigenvalue weighted by Gasteiger charge is -2.65. The second-order valence-electron chi connectivity index (χ2n) is 13.5. The normalized spacial score (nSPS) is 55.3. The van der Waals surface area contributed by atoms with Gasteiger partial charge in [-0.2, -0.15) is 0 Å². The van der Waals surface area contributed by atoms with Crippen LogP contribution in [-0.2, 0) is 19.0 Å². The van der Waals surface area contributed by atoms with Gasteiger partial charge in [0.05, 0.1) is 23.9 Å². The van der Waals surface area contributed by atoms with Crippen molar-refractivity contribution < 1.29 is 49.6 Å². The molecular formula is C29H44O10. The van der Waals surface area contributed by atoms with Gasteiger partial charge in [0.15, 0.2) is 6.29 Å². The van der Waals surface area contributed by atoms with Gasteiger partial charge in [-0.25, -0.2) is 4.79 Å². The van der Waals surface area contributed by atoms with Crippen LogP contribution in [0.2, 0.25) is 0 Å². The molecule has 0 spiro atoms. The Morgan fingerprint density at radius 1 is 1.05 bits per heavy atom. The molecule has 0 aromatic heterocycles. The first-order valence-corrected chi connectivity index (χ1v) is 14.7. The van der Waals surface area contributed by atoms with Crippen LogP contribution in [0.1, 0.15) is 65.2 Å². The third kappa shape index (κ3) is 4.00. The highest BCUT2D eigenvalue weighted by molar-refractivity contribution is 5.85. The number of ether oxygens (including phenoxy) is 3. The summed E-state index contributed by atoms with van der Waals surface area (Å²) in [4.78, 5) is 11.8. The Kier molecular flexibility index (Phi) is 6.99. The Morgan fingerprint density at radius 2 is 1.82 bits per heavy atom. The van der Waals surface area contributed by atoms with Crippen LogP contribution in [0.15, 0.2) is 11.6 Å². The van der Waals surface area contributed by atoms with Gasteiger partial charge in [0.25, 0.3) is 0 Å². The molecule has 0 amide bonds. The predicted octanol–water partition coefficient (Wildman–Crippen LogP) is 0.399. The SMILES string of the molecule is C[C@@H]1O[C@@H](O[C@H]2CC[C@@]3(CO)[C@H](CC[C@@H]4[C@@H]3[C@H](O)C[C@]3(C)[C@@H](C5=CC(=O)OC5)CC[C@]43O)C2)[C@H](O)[C@H](O)[C@H]1O. The van der Waals surface area contributed by atoms with E-state index >= 15 is 0 Å². The van der Waals surface area contributed by atoms with Gasteiger partial charge in [0.1, 0.15) is 24.9 Å². The van der Waals surface area contributed by atoms with Crippen LogP contribution in [0, 0.1) is 34.5 Å². The van der Waals surface area contributed by atoms with Gasteiger partial charge in [-0.1, -0.05) is 6.92 Å². The van der Waals surface area contributed by atoms with Crippen molar-refractivity contribution in [1.29, 1.82) is 0 Å². The molecule has 10 nitrogen and oxygen atoms in total. The second-order valence-corrected chi connectivity index (χ2v) is 13.5. The molecule has 14 atom stereocenters. The van der Waals surface area contributed by atoms with Crippen LogP contribution < -0.4 is 0 Å². The highest BCUT2D eigenvalue weighted by Gasteiger charge is 2.70. The third-order valence-corrected chi connectivity index (χ3v) is 12.0. The summed E-state index contributed by atoms with van der Waals surface area (Å²) in [5.74, 6) is -0.753. The summed E-state index contributed by atoms with van der Waals surface area (Å²) in [6, 6.07) is 0. The quantitative estimate of drug-likeness (QED) is 0.212. The Hall–Kier alpha value is -1.11. The fraction of sp³-hybridized carbons (Fsp3) is 0.897. The average molecular weight is 553 g/mol. The molecule has 6 aliphatic rings. The van der Waals surface area contributed by atoms with E-state index in [1.54, 1.807) is 13.0 Å². The molecule has 2 heterocycles. The molecule has 0 aromatic rings. The van der Waals surface area contributed by atoms with E-state index in [1.165, 1.54) is 0 Å². The summed E-state index contributed by atoms with van der Waals surface area (Å²) in [6.45, 7) is 3.84. The molecule has 1 saturated heterocycles. The van der Waals surface area contributed by atoms with E-state index < -0.39 is 53.2 Å². The van der Waals surface area contributed by atoms with E-state index in [0.29, 0.717) is 32.1 Å². The highest BCUT2D eigenvalue weighted by atomic mass is 16.7. The first-order valence-electron chi connectivity index (χ1n) is 14.7. The lowest BCUT2D eigenvalue weighted by Crippen LogP contribution is -2.68. The maximum absolute atomic E-state index is 12.4. The number of carbonyl (C=O) groups is 1. The molecule has 4 saturated carbocycles. The standard InChI is InChI=1S/C29H44O10/c1-14-23(33)24(34)25(35)26(38-14)39-17-5-7-28(13-30)16(10-17)3-4-19-22(28)20(31)11-27(2)18(6-8-29(19,27)36)15-9-21(32)37-12-15/h9,14,16-20,22-26,30-31,33-36H,3-8,10-13H2,1-2H3/t14-,16+,17-,18+,19+,20+,22+,23-,24+,25+,26-,27+,28+,29-/m0/s1. The lowest BCUT2D eigenvalue weighted by molar-refractivity contribution is -0.313. The Morgan fingerprint density at radius 3 is 2.51 bits per heavy atom. The molecule has 5 fully saturated rings. The number of rotatable bonds is 4. The zero-order valence-corrected chi connectivity index (χ0v) is 22.8. The molecule has 39 heavy (non-hydrogen) atoms. The smallest absolute Gasteiger partial charge is 0.331 e. The fourth-order valence-electron chi connectivity index (χ4n) is 9.99. The minimum atomic E-state index is -1.37. The summed E-state index contributed by atoms with van der Waals surface area (Å²) in [6.07, 6.45) is -0.0583. The van der Waals surface area contributed by atoms with E-state index in [2.05, 4.69) is 6.92 Å². The Labute approximate surface area is 229 Å². The van der Waals surface area contributed by atoms with Gasteiger partial charge in [-0.3, -0.25) is 0 Å². The summed E-state index contributed by atoms with van der Waals surface area (Å²) < 4.78 is 17.0. The van der Waals surface area contributed by atoms with Crippen molar-refractivity contribution in [2.45, 2.75) is 114 Å². The maximum atomic E-state index is 12.4. The van der Waals surface area contributed by atoms with Crippen molar-refractivity contribution >= 4 is 5.97 Å². The molecule has 6 rings (SSSR count). The average Bonchev–Trinajstić information content (AvgIpc) is 3.45. The molecule has 0 unspecified atom stereocenters. The topological polar surface area (TPSA) is 166 Å². The van der Waals surface area contributed by atoms with Gasteiger partial charge in [0, 0.05) is 23.5 Å². The van der Waals surface area contributed by atoms with Crippen molar-refractivity contribution in [2.75, 3.05) is 13.2 Å². The highest BCUT2D eigenvalue weighted by Crippen LogP contribution is 2.70. The number of carbonyl (C=O) groups excluding carboxylic acids is 1. The second kappa shape index (κ2) is 9.73. The van der Waals surface area contributed by atoms with Gasteiger partial charge in [-0.15, -0.1) is 0 Å². The first-order chi connectivity index (χ1) is 18.4. The van der Waals surface area contributed by atoms with Gasteiger partial charge in [-0.05, 0) is 87.5 Å². The maximum Gasteiger partial charge on any atom is 0.331 e. The zero-order chi connectivity index (χ0) is 27.9. The summed E-state index contributed by atoms with van der Waals surface area (Å²) >= 11 is 0. The first kappa shape index (κ1) is 28.0. The largest absolute Gasteiger partial charge is 0.458 e. The van der Waals surface area contributed by atoms with Crippen molar-refractivity contribution in [2.24, 2.45) is 34.5 Å². The molecule has 10 heteroatoms. The number of fused-ring (bicyclic) bond motifs is 5. The number of aliphatic hydroxyl groups excluding tert-OH is 5. The van der Waals surface area contributed by atoms with Crippen LogP contribution in [0.3, 0.4) is 0 Å². The van der Waals surface area contributed by atoms with Gasteiger partial charge in [0.2, 0.25) is 0 Å². The van der Waals surface area contributed by atoms with E-state index in [9.17, 15) is 35.4 Å². The van der Waals surface area contributed by atoms with E-state index in [0.717, 1.165) is 24.8 Å². The van der Waals surface area contributed by atoms with Crippen molar-refractivity contribution in [1.82, 2.24) is 0 Å². The van der Waals surface area contributed by atoms with Crippen LogP contribution in [0.5, 0.6) is 0 Å². The molecule has 4 aliphatic carbocycles. The summed E-state index contributed by atoms with van der Waals surface area (Å²) in [7, 11) is 0. The lowest BCUT2D eigenvalue weighted by atomic mass is 9.42. The number of cyclic esters (lactones) is 1. The number of esters is 1. The number of aliphatic hydroxyl groups is 6. The fourth-order valence-corrected chi connectivity index (χ4v) is 9.99. The third-order valence-electron chi connectivity index (χ3n) is 12.0.